The molecule has 0 spiro atoms. The van der Waals surface area contributed by atoms with Crippen LogP contribution < -0.4 is 14.7 Å². The van der Waals surface area contributed by atoms with Gasteiger partial charge in [-0.25, -0.2) is 9.97 Å². The van der Waals surface area contributed by atoms with Crippen LogP contribution in [-0.2, 0) is 6.18 Å². The van der Waals surface area contributed by atoms with E-state index in [1.807, 2.05) is 13.1 Å². The zero-order valence-electron chi connectivity index (χ0n) is 14.2. The van der Waals surface area contributed by atoms with E-state index in [1.165, 1.54) is 0 Å². The molecule has 0 atom stereocenters. The second-order valence-electron chi connectivity index (χ2n) is 6.03. The first kappa shape index (κ1) is 17.7. The molecule has 0 amide bonds. The van der Waals surface area contributed by atoms with Crippen molar-refractivity contribution in [2.75, 3.05) is 55.0 Å². The summed E-state index contributed by atoms with van der Waals surface area (Å²) in [4.78, 5) is 19.0. The molecule has 1 aliphatic heterocycles. The smallest absolute Gasteiger partial charge is 0.363 e. The van der Waals surface area contributed by atoms with Crippen molar-refractivity contribution in [2.45, 2.75) is 13.1 Å². The van der Waals surface area contributed by atoms with Gasteiger partial charge in [-0.3, -0.25) is 0 Å². The number of nitrogens with zero attached hydrogens (tertiary/aromatic N) is 6. The van der Waals surface area contributed by atoms with Gasteiger partial charge in [-0.2, -0.15) is 18.2 Å². The number of alkyl halides is 3. The van der Waals surface area contributed by atoms with E-state index in [2.05, 4.69) is 19.9 Å². The maximum Gasteiger partial charge on any atom is 0.433 e. The molecular formula is C15H19F3N6S. The number of aryl methyl sites for hydroxylation is 1. The van der Waals surface area contributed by atoms with Gasteiger partial charge in [-0.1, -0.05) is 0 Å². The first-order valence-corrected chi connectivity index (χ1v) is 8.61. The van der Waals surface area contributed by atoms with Crippen LogP contribution in [0.5, 0.6) is 0 Å². The highest BCUT2D eigenvalue weighted by Crippen LogP contribution is 2.31. The van der Waals surface area contributed by atoms with Gasteiger partial charge in [0.2, 0.25) is 5.95 Å². The van der Waals surface area contributed by atoms with Crippen molar-refractivity contribution >= 4 is 28.2 Å². The van der Waals surface area contributed by atoms with E-state index in [1.54, 1.807) is 35.2 Å². The minimum atomic E-state index is -4.50. The SMILES string of the molecule is Cc1cnc(N2CCN(c3nc(N(C)C)cc(C(F)(F)F)n3)CC2)s1. The third-order valence-corrected chi connectivity index (χ3v) is 4.87. The molecule has 10 heteroatoms. The summed E-state index contributed by atoms with van der Waals surface area (Å²) in [5.74, 6) is 0.365. The fourth-order valence-electron chi connectivity index (χ4n) is 2.52. The maximum absolute atomic E-state index is 13.1. The Morgan fingerprint density at radius 1 is 1.08 bits per heavy atom. The van der Waals surface area contributed by atoms with Crippen molar-refractivity contribution in [2.24, 2.45) is 0 Å². The molecular weight excluding hydrogens is 353 g/mol. The van der Waals surface area contributed by atoms with E-state index in [9.17, 15) is 13.2 Å². The summed E-state index contributed by atoms with van der Waals surface area (Å²) >= 11 is 1.61. The lowest BCUT2D eigenvalue weighted by Crippen LogP contribution is -2.47. The summed E-state index contributed by atoms with van der Waals surface area (Å²) in [5, 5.41) is 0.941. The van der Waals surface area contributed by atoms with Crippen LogP contribution >= 0.6 is 11.3 Å². The average molecular weight is 372 g/mol. The summed E-state index contributed by atoms with van der Waals surface area (Å²) in [6, 6.07) is 0.970. The molecule has 6 nitrogen and oxygen atoms in total. The lowest BCUT2D eigenvalue weighted by molar-refractivity contribution is -0.141. The van der Waals surface area contributed by atoms with E-state index in [0.29, 0.717) is 26.2 Å². The fourth-order valence-corrected chi connectivity index (χ4v) is 3.33. The highest BCUT2D eigenvalue weighted by molar-refractivity contribution is 7.15. The summed E-state index contributed by atoms with van der Waals surface area (Å²) in [6.45, 7) is 4.43. The zero-order valence-corrected chi connectivity index (χ0v) is 15.0. The molecule has 0 N–H and O–H groups in total. The molecule has 3 rings (SSSR count). The highest BCUT2D eigenvalue weighted by atomic mass is 32.1. The Balaban J connectivity index is 1.79. The van der Waals surface area contributed by atoms with E-state index in [-0.39, 0.29) is 11.8 Å². The quantitative estimate of drug-likeness (QED) is 0.826. The topological polar surface area (TPSA) is 48.4 Å². The molecule has 0 saturated carbocycles. The molecule has 1 fully saturated rings. The van der Waals surface area contributed by atoms with Crippen LogP contribution in [0, 0.1) is 6.92 Å². The monoisotopic (exact) mass is 372 g/mol. The first-order chi connectivity index (χ1) is 11.7. The van der Waals surface area contributed by atoms with Crippen LogP contribution in [0.2, 0.25) is 0 Å². The van der Waals surface area contributed by atoms with Crippen molar-refractivity contribution in [3.63, 3.8) is 0 Å². The second-order valence-corrected chi connectivity index (χ2v) is 7.24. The Bertz CT molecular complexity index is 737. The standard InChI is InChI=1S/C15H19F3N6S/c1-10-9-19-14(25-10)24-6-4-23(5-7-24)13-20-11(15(16,17)18)8-12(21-13)22(2)3/h8-9H,4-7H2,1-3H3. The van der Waals surface area contributed by atoms with Gasteiger partial charge in [0.05, 0.1) is 0 Å². The van der Waals surface area contributed by atoms with Gasteiger partial charge in [-0.05, 0) is 6.92 Å². The molecule has 2 aromatic heterocycles. The molecule has 0 aliphatic carbocycles. The Morgan fingerprint density at radius 3 is 2.24 bits per heavy atom. The predicted molar refractivity (Wildman–Crippen MR) is 92.6 cm³/mol. The van der Waals surface area contributed by atoms with Crippen molar-refractivity contribution in [3.05, 3.63) is 22.8 Å². The van der Waals surface area contributed by atoms with Gasteiger partial charge < -0.3 is 14.7 Å². The van der Waals surface area contributed by atoms with Crippen molar-refractivity contribution < 1.29 is 13.2 Å². The molecule has 0 bridgehead atoms. The normalized spacial score (nSPS) is 15.6. The molecule has 1 aliphatic rings. The number of thiazole rings is 1. The molecule has 25 heavy (non-hydrogen) atoms. The number of piperazine rings is 1. The number of anilines is 3. The highest BCUT2D eigenvalue weighted by Gasteiger charge is 2.35. The van der Waals surface area contributed by atoms with E-state index in [0.717, 1.165) is 16.1 Å². The van der Waals surface area contributed by atoms with Crippen LogP contribution in [0.1, 0.15) is 10.6 Å². The Hall–Kier alpha value is -2.10. The molecule has 0 unspecified atom stereocenters. The summed E-state index contributed by atoms with van der Waals surface area (Å²) in [5.41, 5.74) is -0.917. The third kappa shape index (κ3) is 3.94. The molecule has 1 saturated heterocycles. The zero-order chi connectivity index (χ0) is 18.2. The van der Waals surface area contributed by atoms with E-state index < -0.39 is 11.9 Å². The van der Waals surface area contributed by atoms with E-state index >= 15 is 0 Å². The molecule has 2 aromatic rings. The van der Waals surface area contributed by atoms with Crippen LogP contribution in [0.25, 0.3) is 0 Å². The van der Waals surface area contributed by atoms with Crippen LogP contribution in [0.3, 0.4) is 0 Å². The van der Waals surface area contributed by atoms with Gasteiger partial charge in [-0.15, -0.1) is 11.3 Å². The number of rotatable bonds is 3. The predicted octanol–water partition coefficient (Wildman–Crippen LogP) is 2.65. The maximum atomic E-state index is 13.1. The number of halogens is 3. The van der Waals surface area contributed by atoms with Crippen LogP contribution in [0.4, 0.5) is 30.1 Å². The van der Waals surface area contributed by atoms with Gasteiger partial charge in [0, 0.05) is 57.4 Å². The van der Waals surface area contributed by atoms with Gasteiger partial charge in [0.1, 0.15) is 5.82 Å². The first-order valence-electron chi connectivity index (χ1n) is 7.80. The average Bonchev–Trinajstić information content (AvgIpc) is 3.00. The Labute approximate surface area is 147 Å². The lowest BCUT2D eigenvalue weighted by atomic mass is 10.3. The largest absolute Gasteiger partial charge is 0.433 e. The number of hydrogen-bond donors (Lipinski definition) is 0. The number of hydrogen-bond acceptors (Lipinski definition) is 7. The Kier molecular flexibility index (Phi) is 4.72. The minimum Gasteiger partial charge on any atom is -0.363 e. The number of aromatic nitrogens is 3. The lowest BCUT2D eigenvalue weighted by Gasteiger charge is -2.35. The van der Waals surface area contributed by atoms with Gasteiger partial charge in [0.15, 0.2) is 10.8 Å². The molecule has 3 heterocycles. The van der Waals surface area contributed by atoms with Gasteiger partial charge >= 0.3 is 6.18 Å². The van der Waals surface area contributed by atoms with Crippen LogP contribution in [-0.4, -0.2) is 55.2 Å². The van der Waals surface area contributed by atoms with E-state index in [4.69, 9.17) is 0 Å². The fraction of sp³-hybridized carbons (Fsp3) is 0.533. The molecule has 136 valence electrons. The molecule has 0 radical (unpaired) electrons. The Morgan fingerprint density at radius 2 is 1.72 bits per heavy atom. The van der Waals surface area contributed by atoms with Crippen molar-refractivity contribution in [1.82, 2.24) is 15.0 Å². The second kappa shape index (κ2) is 6.66. The summed E-state index contributed by atoms with van der Waals surface area (Å²) in [6.07, 6.45) is -2.67. The van der Waals surface area contributed by atoms with Crippen molar-refractivity contribution in [3.8, 4) is 0 Å². The minimum absolute atomic E-state index is 0.119. The third-order valence-electron chi connectivity index (χ3n) is 3.89. The van der Waals surface area contributed by atoms with Gasteiger partial charge in [0.25, 0.3) is 0 Å². The van der Waals surface area contributed by atoms with Crippen molar-refractivity contribution in [1.29, 1.82) is 0 Å². The molecule has 0 aromatic carbocycles. The summed E-state index contributed by atoms with van der Waals surface area (Å²) in [7, 11) is 3.32. The van der Waals surface area contributed by atoms with Crippen LogP contribution in [0.15, 0.2) is 12.3 Å². The summed E-state index contributed by atoms with van der Waals surface area (Å²) < 4.78 is 39.4.